The van der Waals surface area contributed by atoms with Crippen LogP contribution < -0.4 is 29.3 Å². The smallest absolute Gasteiger partial charge is 0.0974 e. The molecule has 0 aromatic heterocycles. The quantitative estimate of drug-likeness (QED) is 0.403. The summed E-state index contributed by atoms with van der Waals surface area (Å²) in [6, 6.07) is 10.8. The maximum absolute atomic E-state index is 2.33. The molecule has 0 heterocycles. The molecule has 17 heavy (non-hydrogen) atoms. The molecule has 0 saturated heterocycles. The van der Waals surface area contributed by atoms with Gasteiger partial charge in [0.1, 0.15) is 0 Å². The Morgan fingerprint density at radius 2 is 1.59 bits per heavy atom. The van der Waals surface area contributed by atoms with Gasteiger partial charge in [0.15, 0.2) is 0 Å². The molecule has 0 aliphatic rings. The number of benzene rings is 1. The highest BCUT2D eigenvalue weighted by Crippen LogP contribution is 2.22. The predicted octanol–water partition coefficient (Wildman–Crippen LogP) is 0.0744. The van der Waals surface area contributed by atoms with E-state index < -0.39 is 0 Å². The van der Waals surface area contributed by atoms with Crippen LogP contribution in [-0.4, -0.2) is 31.4 Å². The molecule has 1 aromatic carbocycles. The molecule has 0 aliphatic carbocycles. The molecule has 1 unspecified atom stereocenters. The third-order valence-corrected chi connectivity index (χ3v) is 4.14. The average molecular weight is 365 g/mol. The molecule has 0 fully saturated rings. The Balaban J connectivity index is 0.00000256. The molecule has 1 rings (SSSR count). The van der Waals surface area contributed by atoms with E-state index in [9.17, 15) is 0 Å². The van der Waals surface area contributed by atoms with Gasteiger partial charge in [-0.05, 0) is 13.9 Å². The van der Waals surface area contributed by atoms with E-state index in [-0.39, 0.29) is 24.0 Å². The lowest BCUT2D eigenvalue weighted by Crippen LogP contribution is -3.00. The molecular weight excluding hydrogens is 340 g/mol. The van der Waals surface area contributed by atoms with Crippen LogP contribution in [0.15, 0.2) is 30.3 Å². The molecule has 0 radical (unpaired) electrons. The van der Waals surface area contributed by atoms with Crippen molar-refractivity contribution in [1.82, 2.24) is 0 Å². The summed E-state index contributed by atoms with van der Waals surface area (Å²) >= 11 is 0. The van der Waals surface area contributed by atoms with Crippen LogP contribution >= 0.6 is 8.58 Å². The summed E-state index contributed by atoms with van der Waals surface area (Å²) < 4.78 is 1.11. The monoisotopic (exact) mass is 365 g/mol. The van der Waals surface area contributed by atoms with Crippen molar-refractivity contribution in [2.24, 2.45) is 5.41 Å². The molecule has 0 bridgehead atoms. The normalized spacial score (nSPS) is 12.8. The minimum absolute atomic E-state index is 0. The molecule has 0 aliphatic heterocycles. The maximum atomic E-state index is 2.33. The molecule has 1 nitrogen and oxygen atoms in total. The molecule has 3 heteroatoms. The fourth-order valence-electron chi connectivity index (χ4n) is 2.20. The van der Waals surface area contributed by atoms with Gasteiger partial charge in [-0.2, -0.15) is 0 Å². The van der Waals surface area contributed by atoms with Gasteiger partial charge >= 0.3 is 0 Å². The van der Waals surface area contributed by atoms with E-state index in [2.05, 4.69) is 65.2 Å². The zero-order valence-electron chi connectivity index (χ0n) is 11.6. The number of hydrogen-bond donors (Lipinski definition) is 0. The fraction of sp³-hybridized carbons (Fsp3) is 0.571. The van der Waals surface area contributed by atoms with Crippen LogP contribution in [0, 0.1) is 5.41 Å². The van der Waals surface area contributed by atoms with Crippen molar-refractivity contribution >= 4 is 13.9 Å². The van der Waals surface area contributed by atoms with Crippen molar-refractivity contribution < 1.29 is 28.5 Å². The summed E-state index contributed by atoms with van der Waals surface area (Å²) in [7, 11) is 5.58. The molecular formula is C14H25INP. The van der Waals surface area contributed by atoms with E-state index in [0.717, 1.165) is 13.1 Å². The van der Waals surface area contributed by atoms with Gasteiger partial charge in [-0.1, -0.05) is 51.1 Å². The van der Waals surface area contributed by atoms with Crippen molar-refractivity contribution in [3.8, 4) is 0 Å². The first-order valence-electron chi connectivity index (χ1n) is 5.89. The van der Waals surface area contributed by atoms with Gasteiger partial charge in [-0.3, -0.25) is 0 Å². The standard InChI is InChI=1S/C14H25NP.HI/c1-14(2,3)11-15(4,5)12-16-13-9-7-6-8-10-13;/h6-10,16H,11-12H2,1-5H3;1H/q+1;/p-1. The third kappa shape index (κ3) is 8.12. The van der Waals surface area contributed by atoms with E-state index in [1.54, 1.807) is 0 Å². The summed E-state index contributed by atoms with van der Waals surface area (Å²) in [5.74, 6) is 0. The minimum atomic E-state index is 0. The Bertz CT molecular complexity index is 317. The van der Waals surface area contributed by atoms with Gasteiger partial charge in [-0.15, -0.1) is 0 Å². The minimum Gasteiger partial charge on any atom is -1.00 e. The number of nitrogens with zero attached hydrogens (tertiary/aromatic N) is 1. The summed E-state index contributed by atoms with van der Waals surface area (Å²) in [5.41, 5.74) is 0.407. The van der Waals surface area contributed by atoms with Crippen LogP contribution in [-0.2, 0) is 0 Å². The highest BCUT2D eigenvalue weighted by molar-refractivity contribution is 7.46. The number of halogens is 1. The number of hydrogen-bond acceptors (Lipinski definition) is 0. The molecule has 0 N–H and O–H groups in total. The molecule has 0 spiro atoms. The lowest BCUT2D eigenvalue weighted by molar-refractivity contribution is -0.884. The number of rotatable bonds is 4. The maximum Gasteiger partial charge on any atom is 0.0974 e. The first kappa shape index (κ1) is 17.3. The van der Waals surface area contributed by atoms with Crippen LogP contribution in [0.5, 0.6) is 0 Å². The van der Waals surface area contributed by atoms with Crippen LogP contribution in [0.4, 0.5) is 0 Å². The first-order valence-corrected chi connectivity index (χ1v) is 7.10. The average Bonchev–Trinajstić information content (AvgIpc) is 2.13. The first-order chi connectivity index (χ1) is 7.29. The Kier molecular flexibility index (Phi) is 7.20. The second-order valence-electron chi connectivity index (χ2n) is 6.36. The molecule has 1 atom stereocenters. The van der Waals surface area contributed by atoms with Crippen molar-refractivity contribution in [3.63, 3.8) is 0 Å². The number of quaternary nitrogens is 1. The van der Waals surface area contributed by atoms with E-state index in [1.807, 2.05) is 0 Å². The topological polar surface area (TPSA) is 0 Å². The van der Waals surface area contributed by atoms with Crippen LogP contribution in [0.2, 0.25) is 0 Å². The summed E-state index contributed by atoms with van der Waals surface area (Å²) in [6.07, 6.45) is 1.24. The van der Waals surface area contributed by atoms with Crippen molar-refractivity contribution in [1.29, 1.82) is 0 Å². The molecule has 1 aromatic rings. The van der Waals surface area contributed by atoms with Gasteiger partial charge < -0.3 is 28.5 Å². The lowest BCUT2D eigenvalue weighted by atomic mass is 9.96. The largest absolute Gasteiger partial charge is 1.00 e. The van der Waals surface area contributed by atoms with E-state index in [1.165, 1.54) is 18.1 Å². The van der Waals surface area contributed by atoms with Crippen molar-refractivity contribution in [2.45, 2.75) is 20.8 Å². The van der Waals surface area contributed by atoms with Crippen LogP contribution in [0.25, 0.3) is 0 Å². The summed E-state index contributed by atoms with van der Waals surface area (Å²) in [4.78, 5) is 0. The third-order valence-electron chi connectivity index (χ3n) is 2.39. The van der Waals surface area contributed by atoms with Crippen molar-refractivity contribution in [2.75, 3.05) is 26.9 Å². The van der Waals surface area contributed by atoms with E-state index in [4.69, 9.17) is 0 Å². The Hall–Kier alpha value is 0.340. The fourth-order valence-corrected chi connectivity index (χ4v) is 3.35. The highest BCUT2D eigenvalue weighted by Gasteiger charge is 2.24. The second-order valence-corrected chi connectivity index (χ2v) is 7.60. The van der Waals surface area contributed by atoms with Gasteiger partial charge in [-0.25, -0.2) is 0 Å². The van der Waals surface area contributed by atoms with E-state index >= 15 is 0 Å². The zero-order valence-corrected chi connectivity index (χ0v) is 14.8. The van der Waals surface area contributed by atoms with E-state index in [0.29, 0.717) is 5.41 Å². The van der Waals surface area contributed by atoms with Gasteiger partial charge in [0, 0.05) is 5.41 Å². The Morgan fingerprint density at radius 3 is 2.06 bits per heavy atom. The highest BCUT2D eigenvalue weighted by atomic mass is 127. The molecule has 0 saturated carbocycles. The summed E-state index contributed by atoms with van der Waals surface area (Å²) in [6.45, 7) is 8.18. The van der Waals surface area contributed by atoms with Crippen LogP contribution in [0.3, 0.4) is 0 Å². The Labute approximate surface area is 125 Å². The molecule has 98 valence electrons. The van der Waals surface area contributed by atoms with Crippen molar-refractivity contribution in [3.05, 3.63) is 30.3 Å². The lowest BCUT2D eigenvalue weighted by Gasteiger charge is -2.35. The van der Waals surface area contributed by atoms with Crippen LogP contribution in [0.1, 0.15) is 20.8 Å². The second kappa shape index (κ2) is 7.06. The predicted molar refractivity (Wildman–Crippen MR) is 75.7 cm³/mol. The van der Waals surface area contributed by atoms with Gasteiger partial charge in [0.05, 0.1) is 26.9 Å². The summed E-state index contributed by atoms with van der Waals surface area (Å²) in [5, 5.41) is 1.47. The Morgan fingerprint density at radius 1 is 1.06 bits per heavy atom. The SMILES string of the molecule is CC(C)(C)C[N+](C)(C)CPc1ccccc1.[I-]. The van der Waals surface area contributed by atoms with Gasteiger partial charge in [0.25, 0.3) is 0 Å². The zero-order chi connectivity index (χ0) is 12.2. The molecule has 0 amide bonds. The van der Waals surface area contributed by atoms with Gasteiger partial charge in [0.2, 0.25) is 0 Å².